The van der Waals surface area contributed by atoms with Gasteiger partial charge in [-0.3, -0.25) is 0 Å². The molecule has 0 aliphatic carbocycles. The Morgan fingerprint density at radius 1 is 1.40 bits per heavy atom. The van der Waals surface area contributed by atoms with E-state index in [1.807, 2.05) is 0 Å². The van der Waals surface area contributed by atoms with Crippen molar-refractivity contribution >= 4 is 21.6 Å². The molecule has 112 valence electrons. The molecule has 0 saturated carbocycles. The van der Waals surface area contributed by atoms with Crippen LogP contribution in [0.1, 0.15) is 31.7 Å². The highest BCUT2D eigenvalue weighted by Gasteiger charge is 2.21. The Labute approximate surface area is 130 Å². The van der Waals surface area contributed by atoms with Gasteiger partial charge in [0.15, 0.2) is 0 Å². The van der Waals surface area contributed by atoms with Crippen molar-refractivity contribution in [1.82, 2.24) is 0 Å². The minimum absolute atomic E-state index is 0.234. The van der Waals surface area contributed by atoms with Crippen molar-refractivity contribution in [2.45, 2.75) is 44.7 Å². The van der Waals surface area contributed by atoms with Crippen molar-refractivity contribution in [2.75, 3.05) is 25.2 Å². The molecule has 1 aromatic carbocycles. The Morgan fingerprint density at radius 2 is 2.10 bits per heavy atom. The van der Waals surface area contributed by atoms with Crippen LogP contribution in [0.5, 0.6) is 0 Å². The van der Waals surface area contributed by atoms with E-state index in [2.05, 4.69) is 53.0 Å². The molecule has 0 radical (unpaired) electrons. The summed E-state index contributed by atoms with van der Waals surface area (Å²) in [6.45, 7) is 3.88. The van der Waals surface area contributed by atoms with Crippen LogP contribution in [0.4, 0.5) is 5.69 Å². The minimum atomic E-state index is 0.234. The standard InChI is InChI=1S/C16H25BrN2O/c1-3-14(18)10-12-4-5-13(17)11-16(12)19(2)15-6-8-20-9-7-15/h4-5,11,14-15H,3,6-10,18H2,1-2H3. The molecule has 0 spiro atoms. The third-order valence-electron chi connectivity index (χ3n) is 4.17. The smallest absolute Gasteiger partial charge is 0.0485 e. The van der Waals surface area contributed by atoms with E-state index in [4.69, 9.17) is 10.5 Å². The van der Waals surface area contributed by atoms with E-state index < -0.39 is 0 Å². The summed E-state index contributed by atoms with van der Waals surface area (Å²) in [6, 6.07) is 7.32. The molecular formula is C16H25BrN2O. The van der Waals surface area contributed by atoms with Crippen molar-refractivity contribution in [3.05, 3.63) is 28.2 Å². The van der Waals surface area contributed by atoms with E-state index in [0.717, 1.165) is 43.4 Å². The summed E-state index contributed by atoms with van der Waals surface area (Å²) in [5, 5.41) is 0. The fourth-order valence-corrected chi connectivity index (χ4v) is 3.08. The fraction of sp³-hybridized carbons (Fsp3) is 0.625. The normalized spacial score (nSPS) is 18.0. The maximum atomic E-state index is 6.14. The molecular weight excluding hydrogens is 316 g/mol. The van der Waals surface area contributed by atoms with Crippen LogP contribution >= 0.6 is 15.9 Å². The van der Waals surface area contributed by atoms with Crippen LogP contribution in [0.15, 0.2) is 22.7 Å². The van der Waals surface area contributed by atoms with Gasteiger partial charge in [0.25, 0.3) is 0 Å². The van der Waals surface area contributed by atoms with E-state index >= 15 is 0 Å². The number of nitrogens with two attached hydrogens (primary N) is 1. The van der Waals surface area contributed by atoms with Crippen molar-refractivity contribution < 1.29 is 4.74 Å². The molecule has 0 bridgehead atoms. The molecule has 20 heavy (non-hydrogen) atoms. The number of ether oxygens (including phenoxy) is 1. The summed E-state index contributed by atoms with van der Waals surface area (Å²) in [4.78, 5) is 2.41. The second kappa shape index (κ2) is 7.43. The van der Waals surface area contributed by atoms with Crippen molar-refractivity contribution in [3.8, 4) is 0 Å². The van der Waals surface area contributed by atoms with Crippen LogP contribution in [-0.2, 0) is 11.2 Å². The number of hydrogen-bond acceptors (Lipinski definition) is 3. The van der Waals surface area contributed by atoms with Crippen LogP contribution in [0.2, 0.25) is 0 Å². The lowest BCUT2D eigenvalue weighted by Gasteiger charge is -2.34. The number of hydrogen-bond donors (Lipinski definition) is 1. The zero-order valence-electron chi connectivity index (χ0n) is 12.4. The van der Waals surface area contributed by atoms with Gasteiger partial charge in [-0.1, -0.05) is 28.9 Å². The van der Waals surface area contributed by atoms with Gasteiger partial charge in [-0.25, -0.2) is 0 Å². The maximum absolute atomic E-state index is 6.14. The number of benzene rings is 1. The van der Waals surface area contributed by atoms with Crippen LogP contribution in [0, 0.1) is 0 Å². The predicted molar refractivity (Wildman–Crippen MR) is 88.4 cm³/mol. The van der Waals surface area contributed by atoms with Gasteiger partial charge in [-0.15, -0.1) is 0 Å². The lowest BCUT2D eigenvalue weighted by atomic mass is 10.00. The molecule has 3 nitrogen and oxygen atoms in total. The number of halogens is 1. The molecule has 1 saturated heterocycles. The van der Waals surface area contributed by atoms with E-state index in [-0.39, 0.29) is 6.04 Å². The summed E-state index contributed by atoms with van der Waals surface area (Å²) in [6.07, 6.45) is 4.15. The van der Waals surface area contributed by atoms with Gasteiger partial charge in [0, 0.05) is 42.5 Å². The first-order chi connectivity index (χ1) is 9.61. The Bertz CT molecular complexity index is 432. The highest BCUT2D eigenvalue weighted by atomic mass is 79.9. The van der Waals surface area contributed by atoms with E-state index in [0.29, 0.717) is 6.04 Å². The minimum Gasteiger partial charge on any atom is -0.381 e. The first kappa shape index (κ1) is 15.8. The van der Waals surface area contributed by atoms with Gasteiger partial charge in [0.2, 0.25) is 0 Å². The SMILES string of the molecule is CCC(N)Cc1ccc(Br)cc1N(C)C1CCOCC1. The lowest BCUT2D eigenvalue weighted by Crippen LogP contribution is -2.37. The second-order valence-corrected chi connectivity index (χ2v) is 6.52. The average Bonchev–Trinajstić information content (AvgIpc) is 2.49. The molecule has 2 rings (SSSR count). The first-order valence-corrected chi connectivity index (χ1v) is 8.25. The van der Waals surface area contributed by atoms with Crippen LogP contribution < -0.4 is 10.6 Å². The number of nitrogens with zero attached hydrogens (tertiary/aromatic N) is 1. The molecule has 1 unspecified atom stereocenters. The Hall–Kier alpha value is -0.580. The molecule has 1 heterocycles. The Morgan fingerprint density at radius 3 is 2.75 bits per heavy atom. The molecule has 1 aliphatic heterocycles. The van der Waals surface area contributed by atoms with Crippen LogP contribution in [-0.4, -0.2) is 32.3 Å². The number of rotatable bonds is 5. The maximum Gasteiger partial charge on any atom is 0.0485 e. The van der Waals surface area contributed by atoms with E-state index in [9.17, 15) is 0 Å². The Kier molecular flexibility index (Phi) is 5.87. The zero-order chi connectivity index (χ0) is 14.5. The van der Waals surface area contributed by atoms with Gasteiger partial charge in [-0.05, 0) is 43.4 Å². The van der Waals surface area contributed by atoms with Gasteiger partial charge in [0.1, 0.15) is 0 Å². The van der Waals surface area contributed by atoms with Crippen LogP contribution in [0.25, 0.3) is 0 Å². The average molecular weight is 341 g/mol. The number of anilines is 1. The first-order valence-electron chi connectivity index (χ1n) is 7.46. The molecule has 0 aromatic heterocycles. The lowest BCUT2D eigenvalue weighted by molar-refractivity contribution is 0.0854. The molecule has 2 N–H and O–H groups in total. The quantitative estimate of drug-likeness (QED) is 0.893. The highest BCUT2D eigenvalue weighted by molar-refractivity contribution is 9.10. The van der Waals surface area contributed by atoms with Crippen molar-refractivity contribution in [1.29, 1.82) is 0 Å². The largest absolute Gasteiger partial charge is 0.381 e. The third-order valence-corrected chi connectivity index (χ3v) is 4.67. The summed E-state index contributed by atoms with van der Waals surface area (Å²) < 4.78 is 6.59. The van der Waals surface area contributed by atoms with Crippen molar-refractivity contribution in [3.63, 3.8) is 0 Å². The predicted octanol–water partition coefficient (Wildman–Crippen LogP) is 3.34. The zero-order valence-corrected chi connectivity index (χ0v) is 14.0. The molecule has 1 fully saturated rings. The molecule has 0 amide bonds. The van der Waals surface area contributed by atoms with Gasteiger partial charge in [-0.2, -0.15) is 0 Å². The summed E-state index contributed by atoms with van der Waals surface area (Å²) in [5.74, 6) is 0. The summed E-state index contributed by atoms with van der Waals surface area (Å²) in [5.41, 5.74) is 8.79. The highest BCUT2D eigenvalue weighted by Crippen LogP contribution is 2.29. The van der Waals surface area contributed by atoms with Crippen molar-refractivity contribution in [2.24, 2.45) is 5.73 Å². The summed E-state index contributed by atoms with van der Waals surface area (Å²) >= 11 is 3.59. The monoisotopic (exact) mass is 340 g/mol. The topological polar surface area (TPSA) is 38.5 Å². The van der Waals surface area contributed by atoms with Crippen LogP contribution in [0.3, 0.4) is 0 Å². The summed E-state index contributed by atoms with van der Waals surface area (Å²) in [7, 11) is 2.19. The van der Waals surface area contributed by atoms with Gasteiger partial charge in [0.05, 0.1) is 0 Å². The molecule has 1 aromatic rings. The molecule has 1 atom stereocenters. The third kappa shape index (κ3) is 3.96. The fourth-order valence-electron chi connectivity index (χ4n) is 2.73. The van der Waals surface area contributed by atoms with E-state index in [1.54, 1.807) is 0 Å². The van der Waals surface area contributed by atoms with Gasteiger partial charge >= 0.3 is 0 Å². The second-order valence-electron chi connectivity index (χ2n) is 5.60. The van der Waals surface area contributed by atoms with E-state index in [1.165, 1.54) is 11.3 Å². The molecule has 1 aliphatic rings. The van der Waals surface area contributed by atoms with Gasteiger partial charge < -0.3 is 15.4 Å². The molecule has 4 heteroatoms. The Balaban J connectivity index is 2.20.